The minimum absolute atomic E-state index is 0.101. The summed E-state index contributed by atoms with van der Waals surface area (Å²) in [5, 5.41) is 9.46. The van der Waals surface area contributed by atoms with Gasteiger partial charge in [-0.2, -0.15) is 0 Å². The molecule has 2 N–H and O–H groups in total. The van der Waals surface area contributed by atoms with E-state index in [1.165, 1.54) is 0 Å². The fourth-order valence-electron chi connectivity index (χ4n) is 2.32. The number of thiazole rings is 1. The second-order valence-corrected chi connectivity index (χ2v) is 6.02. The molecule has 0 aliphatic carbocycles. The largest absolute Gasteiger partial charge is 0.358 e. The molecule has 0 spiro atoms. The minimum atomic E-state index is 0.101. The quantitative estimate of drug-likeness (QED) is 0.837. The zero-order chi connectivity index (χ0) is 13.7. The van der Waals surface area contributed by atoms with Crippen molar-refractivity contribution in [1.82, 2.24) is 20.5 Å². The third kappa shape index (κ3) is 4.56. The summed E-state index contributed by atoms with van der Waals surface area (Å²) in [7, 11) is 1.69. The number of likely N-dealkylation sites (tertiary alicyclic amines) is 1. The molecule has 1 aromatic rings. The highest BCUT2D eigenvalue weighted by molar-refractivity contribution is 7.09. The van der Waals surface area contributed by atoms with Crippen molar-refractivity contribution < 1.29 is 4.79 Å². The topological polar surface area (TPSA) is 57.3 Å². The van der Waals surface area contributed by atoms with E-state index in [2.05, 4.69) is 25.9 Å². The average Bonchev–Trinajstić information content (AvgIpc) is 2.83. The van der Waals surface area contributed by atoms with Crippen LogP contribution in [0.2, 0.25) is 0 Å². The van der Waals surface area contributed by atoms with Gasteiger partial charge in [0.05, 0.1) is 17.2 Å². The predicted octanol–water partition coefficient (Wildman–Crippen LogP) is 0.752. The van der Waals surface area contributed by atoms with Crippen LogP contribution in [-0.2, 0) is 11.3 Å². The molecule has 19 heavy (non-hydrogen) atoms. The van der Waals surface area contributed by atoms with Gasteiger partial charge in [-0.25, -0.2) is 4.98 Å². The summed E-state index contributed by atoms with van der Waals surface area (Å²) in [5.74, 6) is 0.101. The molecule has 1 saturated heterocycles. The van der Waals surface area contributed by atoms with Crippen LogP contribution in [0.1, 0.15) is 23.5 Å². The molecule has 1 aromatic heterocycles. The summed E-state index contributed by atoms with van der Waals surface area (Å²) in [6, 6.07) is 0.544. The van der Waals surface area contributed by atoms with Crippen LogP contribution in [0.3, 0.4) is 0 Å². The number of piperidine rings is 1. The first kappa shape index (κ1) is 14.4. The Morgan fingerprint density at radius 3 is 2.84 bits per heavy atom. The van der Waals surface area contributed by atoms with Crippen LogP contribution < -0.4 is 10.6 Å². The summed E-state index contributed by atoms with van der Waals surface area (Å²) in [5.41, 5.74) is 1.13. The van der Waals surface area contributed by atoms with E-state index in [1.807, 2.05) is 6.92 Å². The molecular weight excluding hydrogens is 260 g/mol. The van der Waals surface area contributed by atoms with Crippen LogP contribution in [0.25, 0.3) is 0 Å². The Morgan fingerprint density at radius 1 is 1.53 bits per heavy atom. The number of nitrogens with one attached hydrogen (secondary N) is 2. The Morgan fingerprint density at radius 2 is 2.26 bits per heavy atom. The van der Waals surface area contributed by atoms with E-state index >= 15 is 0 Å². The second-order valence-electron chi connectivity index (χ2n) is 4.96. The number of hydrogen-bond donors (Lipinski definition) is 2. The molecule has 1 aliphatic heterocycles. The lowest BCUT2D eigenvalue weighted by Gasteiger charge is -2.31. The Hall–Kier alpha value is -0.980. The number of hydrogen-bond acceptors (Lipinski definition) is 5. The molecule has 1 amide bonds. The molecule has 0 atom stereocenters. The average molecular weight is 282 g/mol. The number of aromatic nitrogens is 1. The van der Waals surface area contributed by atoms with Gasteiger partial charge in [0.2, 0.25) is 5.91 Å². The van der Waals surface area contributed by atoms with Crippen molar-refractivity contribution in [3.8, 4) is 0 Å². The van der Waals surface area contributed by atoms with Gasteiger partial charge in [0, 0.05) is 38.1 Å². The van der Waals surface area contributed by atoms with Crippen LogP contribution in [0.4, 0.5) is 0 Å². The van der Waals surface area contributed by atoms with E-state index in [0.717, 1.165) is 43.2 Å². The number of carbonyl (C=O) groups excluding carboxylic acids is 1. The van der Waals surface area contributed by atoms with Gasteiger partial charge < -0.3 is 10.6 Å². The molecule has 1 aliphatic rings. The maximum Gasteiger partial charge on any atom is 0.233 e. The van der Waals surface area contributed by atoms with E-state index in [1.54, 1.807) is 18.4 Å². The van der Waals surface area contributed by atoms with Gasteiger partial charge in [0.25, 0.3) is 0 Å². The molecule has 0 saturated carbocycles. The molecule has 0 bridgehead atoms. The number of likely N-dealkylation sites (N-methyl/N-ethyl adjacent to an activating group) is 1. The zero-order valence-corrected chi connectivity index (χ0v) is 12.4. The van der Waals surface area contributed by atoms with Crippen LogP contribution >= 0.6 is 11.3 Å². The molecule has 6 heteroatoms. The first-order valence-corrected chi connectivity index (χ1v) is 7.62. The van der Waals surface area contributed by atoms with Gasteiger partial charge in [-0.1, -0.05) is 0 Å². The first-order valence-electron chi connectivity index (χ1n) is 6.74. The maximum absolute atomic E-state index is 11.3. The van der Waals surface area contributed by atoms with E-state index in [-0.39, 0.29) is 5.91 Å². The van der Waals surface area contributed by atoms with E-state index in [0.29, 0.717) is 12.6 Å². The van der Waals surface area contributed by atoms with Crippen LogP contribution in [-0.4, -0.2) is 48.5 Å². The molecule has 0 unspecified atom stereocenters. The van der Waals surface area contributed by atoms with Gasteiger partial charge >= 0.3 is 0 Å². The molecule has 2 heterocycles. The lowest BCUT2D eigenvalue weighted by atomic mass is 10.1. The van der Waals surface area contributed by atoms with Crippen LogP contribution in [0.5, 0.6) is 0 Å². The van der Waals surface area contributed by atoms with Crippen molar-refractivity contribution in [1.29, 1.82) is 0 Å². The smallest absolute Gasteiger partial charge is 0.233 e. The summed E-state index contributed by atoms with van der Waals surface area (Å²) in [4.78, 5) is 18.0. The minimum Gasteiger partial charge on any atom is -0.358 e. The number of amides is 1. The highest BCUT2D eigenvalue weighted by Crippen LogP contribution is 2.12. The third-order valence-corrected chi connectivity index (χ3v) is 4.29. The standard InChI is InChI=1S/C13H22N4OS/c1-10-16-12(9-19-10)7-15-11-3-5-17(6-4-11)8-13(18)14-2/h9,11,15H,3-8H2,1-2H3,(H,14,18). The van der Waals surface area contributed by atoms with E-state index in [4.69, 9.17) is 0 Å². The molecule has 106 valence electrons. The van der Waals surface area contributed by atoms with E-state index in [9.17, 15) is 4.79 Å². The lowest BCUT2D eigenvalue weighted by Crippen LogP contribution is -2.45. The number of nitrogens with zero attached hydrogens (tertiary/aromatic N) is 2. The summed E-state index contributed by atoms with van der Waals surface area (Å²) in [6.45, 7) is 5.38. The highest BCUT2D eigenvalue weighted by atomic mass is 32.1. The summed E-state index contributed by atoms with van der Waals surface area (Å²) < 4.78 is 0. The SMILES string of the molecule is CNC(=O)CN1CCC(NCc2csc(C)n2)CC1. The van der Waals surface area contributed by atoms with Gasteiger partial charge in [0.1, 0.15) is 0 Å². The molecule has 0 aromatic carbocycles. The normalized spacial score (nSPS) is 17.6. The van der Waals surface area contributed by atoms with Crippen LogP contribution in [0, 0.1) is 6.92 Å². The fraction of sp³-hybridized carbons (Fsp3) is 0.692. The van der Waals surface area contributed by atoms with Crippen molar-refractivity contribution in [3.63, 3.8) is 0 Å². The first-order chi connectivity index (χ1) is 9.17. The number of carbonyl (C=O) groups is 1. The van der Waals surface area contributed by atoms with Crippen LogP contribution in [0.15, 0.2) is 5.38 Å². The van der Waals surface area contributed by atoms with Gasteiger partial charge in [-0.05, 0) is 19.8 Å². The predicted molar refractivity (Wildman–Crippen MR) is 77.2 cm³/mol. The van der Waals surface area contributed by atoms with E-state index < -0.39 is 0 Å². The molecule has 5 nitrogen and oxygen atoms in total. The lowest BCUT2D eigenvalue weighted by molar-refractivity contribution is -0.122. The van der Waals surface area contributed by atoms with Crippen molar-refractivity contribution in [2.24, 2.45) is 0 Å². The zero-order valence-electron chi connectivity index (χ0n) is 11.6. The van der Waals surface area contributed by atoms with Crippen molar-refractivity contribution in [2.75, 3.05) is 26.7 Å². The fourth-order valence-corrected chi connectivity index (χ4v) is 2.93. The number of aryl methyl sites for hydroxylation is 1. The highest BCUT2D eigenvalue weighted by Gasteiger charge is 2.20. The molecule has 1 fully saturated rings. The Bertz CT molecular complexity index is 413. The second kappa shape index (κ2) is 6.98. The van der Waals surface area contributed by atoms with Gasteiger partial charge in [-0.3, -0.25) is 9.69 Å². The summed E-state index contributed by atoms with van der Waals surface area (Å²) >= 11 is 1.70. The molecular formula is C13H22N4OS. The number of rotatable bonds is 5. The maximum atomic E-state index is 11.3. The molecule has 2 rings (SSSR count). The van der Waals surface area contributed by atoms with Crippen molar-refractivity contribution in [3.05, 3.63) is 16.1 Å². The monoisotopic (exact) mass is 282 g/mol. The Labute approximate surface area is 118 Å². The molecule has 0 radical (unpaired) electrons. The third-order valence-electron chi connectivity index (χ3n) is 3.47. The summed E-state index contributed by atoms with van der Waals surface area (Å²) in [6.07, 6.45) is 2.19. The van der Waals surface area contributed by atoms with Crippen molar-refractivity contribution >= 4 is 17.2 Å². The van der Waals surface area contributed by atoms with Gasteiger partial charge in [-0.15, -0.1) is 11.3 Å². The Kier molecular flexibility index (Phi) is 5.30. The van der Waals surface area contributed by atoms with Crippen molar-refractivity contribution in [2.45, 2.75) is 32.4 Å². The Balaban J connectivity index is 1.67. The van der Waals surface area contributed by atoms with Gasteiger partial charge in [0.15, 0.2) is 0 Å².